The summed E-state index contributed by atoms with van der Waals surface area (Å²) < 4.78 is 5.52. The normalized spacial score (nSPS) is 17.5. The van der Waals surface area contributed by atoms with Crippen LogP contribution in [-0.4, -0.2) is 18.4 Å². The van der Waals surface area contributed by atoms with Gasteiger partial charge in [0.2, 0.25) is 0 Å². The first-order valence-corrected chi connectivity index (χ1v) is 10.4. The maximum atomic E-state index is 11.9. The molecule has 0 aromatic carbocycles. The molecule has 0 aromatic rings. The Balaban J connectivity index is 2.10. The van der Waals surface area contributed by atoms with Gasteiger partial charge in [-0.15, -0.1) is 0 Å². The van der Waals surface area contributed by atoms with Gasteiger partial charge in [-0.2, -0.15) is 4.99 Å². The van der Waals surface area contributed by atoms with E-state index in [9.17, 15) is 4.79 Å². The molecular weight excluding hydrogens is 298 g/mol. The molecule has 0 spiro atoms. The van der Waals surface area contributed by atoms with E-state index in [2.05, 4.69) is 25.8 Å². The van der Waals surface area contributed by atoms with Crippen LogP contribution < -0.4 is 0 Å². The number of amides is 1. The van der Waals surface area contributed by atoms with Crippen LogP contribution in [0, 0.1) is 5.41 Å². The summed E-state index contributed by atoms with van der Waals surface area (Å²) in [5.74, 6) is -0.0817. The van der Waals surface area contributed by atoms with Crippen molar-refractivity contribution in [1.82, 2.24) is 0 Å². The summed E-state index contributed by atoms with van der Waals surface area (Å²) in [5.41, 5.74) is -0.0210. The zero-order chi connectivity index (χ0) is 17.7. The van der Waals surface area contributed by atoms with Gasteiger partial charge in [-0.1, -0.05) is 91.4 Å². The van der Waals surface area contributed by atoms with Crippen LogP contribution in [0.15, 0.2) is 4.99 Å². The minimum absolute atomic E-state index is 0.0210. The standard InChI is InChI=1S/C21H39NO2/c1-4-7-8-9-10-11-12-13-14-15-16-17-21(5-2,6-3)19-20(23)22-18-24-19/h18-19H,4-17H2,1-3H3. The predicted molar refractivity (Wildman–Crippen MR) is 102 cm³/mol. The van der Waals surface area contributed by atoms with Gasteiger partial charge < -0.3 is 4.74 Å². The van der Waals surface area contributed by atoms with Crippen LogP contribution in [0.25, 0.3) is 0 Å². The Hall–Kier alpha value is -0.860. The molecule has 1 rings (SSSR count). The summed E-state index contributed by atoms with van der Waals surface area (Å²) in [6.45, 7) is 6.63. The van der Waals surface area contributed by atoms with Gasteiger partial charge in [-0.3, -0.25) is 4.79 Å². The Morgan fingerprint density at radius 3 is 1.79 bits per heavy atom. The topological polar surface area (TPSA) is 38.7 Å². The van der Waals surface area contributed by atoms with Gasteiger partial charge in [0.25, 0.3) is 5.91 Å². The number of hydrogen-bond acceptors (Lipinski definition) is 2. The molecule has 3 nitrogen and oxygen atoms in total. The van der Waals surface area contributed by atoms with Crippen LogP contribution in [0.5, 0.6) is 0 Å². The molecule has 1 amide bonds. The molecule has 0 aromatic heterocycles. The minimum Gasteiger partial charge on any atom is -0.469 e. The number of unbranched alkanes of at least 4 members (excludes halogenated alkanes) is 10. The Kier molecular flexibility index (Phi) is 11.0. The highest BCUT2D eigenvalue weighted by Crippen LogP contribution is 2.39. The maximum Gasteiger partial charge on any atom is 0.290 e. The average Bonchev–Trinajstić information content (AvgIpc) is 3.03. The van der Waals surface area contributed by atoms with E-state index in [0.29, 0.717) is 0 Å². The maximum absolute atomic E-state index is 11.9. The van der Waals surface area contributed by atoms with E-state index in [4.69, 9.17) is 4.74 Å². The first kappa shape index (κ1) is 21.2. The third-order valence-corrected chi connectivity index (χ3v) is 5.84. The highest BCUT2D eigenvalue weighted by molar-refractivity contribution is 5.92. The lowest BCUT2D eigenvalue weighted by Crippen LogP contribution is -2.39. The molecule has 0 bridgehead atoms. The zero-order valence-corrected chi connectivity index (χ0v) is 16.3. The SMILES string of the molecule is CCCCCCCCCCCCCC(CC)(CC)C1OC=NC1=O. The van der Waals surface area contributed by atoms with Crippen LogP contribution in [0.3, 0.4) is 0 Å². The van der Waals surface area contributed by atoms with Crippen molar-refractivity contribution in [2.75, 3.05) is 0 Å². The summed E-state index contributed by atoms with van der Waals surface area (Å²) in [6.07, 6.45) is 19.0. The van der Waals surface area contributed by atoms with Crippen LogP contribution >= 0.6 is 0 Å². The summed E-state index contributed by atoms with van der Waals surface area (Å²) in [4.78, 5) is 15.7. The predicted octanol–water partition coefficient (Wildman–Crippen LogP) is 6.45. The molecule has 1 aliphatic heterocycles. The van der Waals surface area contributed by atoms with Crippen molar-refractivity contribution < 1.29 is 9.53 Å². The van der Waals surface area contributed by atoms with Gasteiger partial charge in [-0.25, -0.2) is 0 Å². The third-order valence-electron chi connectivity index (χ3n) is 5.84. The van der Waals surface area contributed by atoms with Gasteiger partial charge in [-0.05, 0) is 19.3 Å². The number of rotatable bonds is 15. The zero-order valence-electron chi connectivity index (χ0n) is 16.3. The number of carbonyl (C=O) groups excluding carboxylic acids is 1. The van der Waals surface area contributed by atoms with E-state index in [0.717, 1.165) is 19.3 Å². The summed E-state index contributed by atoms with van der Waals surface area (Å²) in [6, 6.07) is 0. The van der Waals surface area contributed by atoms with Gasteiger partial charge >= 0.3 is 0 Å². The fraction of sp³-hybridized carbons (Fsp3) is 0.905. The molecule has 1 aliphatic rings. The molecule has 0 aliphatic carbocycles. The van der Waals surface area contributed by atoms with Gasteiger partial charge in [0.15, 0.2) is 12.5 Å². The van der Waals surface area contributed by atoms with E-state index < -0.39 is 0 Å². The fourth-order valence-electron chi connectivity index (χ4n) is 3.92. The Morgan fingerprint density at radius 2 is 1.38 bits per heavy atom. The number of aliphatic imine (C=N–C) groups is 1. The third kappa shape index (κ3) is 6.94. The highest BCUT2D eigenvalue weighted by atomic mass is 16.5. The van der Waals surface area contributed by atoms with Gasteiger partial charge in [0.05, 0.1) is 0 Å². The summed E-state index contributed by atoms with van der Waals surface area (Å²) >= 11 is 0. The molecule has 140 valence electrons. The molecule has 1 unspecified atom stereocenters. The first-order valence-electron chi connectivity index (χ1n) is 10.4. The molecule has 24 heavy (non-hydrogen) atoms. The van der Waals surface area contributed by atoms with Crippen molar-refractivity contribution in [2.24, 2.45) is 10.4 Å². The second-order valence-electron chi connectivity index (χ2n) is 7.44. The van der Waals surface area contributed by atoms with E-state index in [1.165, 1.54) is 77.0 Å². The first-order chi connectivity index (χ1) is 11.7. The van der Waals surface area contributed by atoms with Crippen molar-refractivity contribution in [3.63, 3.8) is 0 Å². The van der Waals surface area contributed by atoms with E-state index in [-0.39, 0.29) is 17.4 Å². The largest absolute Gasteiger partial charge is 0.469 e. The van der Waals surface area contributed by atoms with E-state index >= 15 is 0 Å². The molecule has 0 saturated heterocycles. The lowest BCUT2D eigenvalue weighted by atomic mass is 9.72. The van der Waals surface area contributed by atoms with Gasteiger partial charge in [0.1, 0.15) is 0 Å². The van der Waals surface area contributed by atoms with Crippen molar-refractivity contribution in [1.29, 1.82) is 0 Å². The smallest absolute Gasteiger partial charge is 0.290 e. The molecule has 0 radical (unpaired) electrons. The molecule has 1 heterocycles. The number of nitrogens with zero attached hydrogens (tertiary/aromatic N) is 1. The minimum atomic E-state index is -0.337. The van der Waals surface area contributed by atoms with Crippen molar-refractivity contribution in [3.05, 3.63) is 0 Å². The summed E-state index contributed by atoms with van der Waals surface area (Å²) in [7, 11) is 0. The summed E-state index contributed by atoms with van der Waals surface area (Å²) in [5, 5.41) is 0. The van der Waals surface area contributed by atoms with Crippen molar-refractivity contribution in [2.45, 2.75) is 117 Å². The lowest BCUT2D eigenvalue weighted by Gasteiger charge is -2.35. The number of carbonyl (C=O) groups is 1. The lowest BCUT2D eigenvalue weighted by molar-refractivity contribution is -0.129. The molecule has 0 saturated carbocycles. The monoisotopic (exact) mass is 337 g/mol. The van der Waals surface area contributed by atoms with E-state index in [1.54, 1.807) is 0 Å². The van der Waals surface area contributed by atoms with Gasteiger partial charge in [0, 0.05) is 5.41 Å². The Bertz CT molecular complexity index is 361. The molecule has 3 heteroatoms. The second-order valence-corrected chi connectivity index (χ2v) is 7.44. The second kappa shape index (κ2) is 12.5. The van der Waals surface area contributed by atoms with Crippen LogP contribution in [0.2, 0.25) is 0 Å². The quantitative estimate of drug-likeness (QED) is 0.322. The van der Waals surface area contributed by atoms with Crippen molar-refractivity contribution in [3.8, 4) is 0 Å². The molecule has 1 atom stereocenters. The Labute approximate surface area is 149 Å². The molecular formula is C21H39NO2. The number of ether oxygens (including phenoxy) is 1. The van der Waals surface area contributed by atoms with Crippen LogP contribution in [0.4, 0.5) is 0 Å². The molecule has 0 fully saturated rings. The fourth-order valence-corrected chi connectivity index (χ4v) is 3.92. The average molecular weight is 338 g/mol. The molecule has 0 N–H and O–H groups in total. The Morgan fingerprint density at radius 1 is 0.875 bits per heavy atom. The van der Waals surface area contributed by atoms with Crippen LogP contribution in [0.1, 0.15) is 111 Å². The van der Waals surface area contributed by atoms with E-state index in [1.807, 2.05) is 0 Å². The van der Waals surface area contributed by atoms with Crippen LogP contribution in [-0.2, 0) is 9.53 Å². The van der Waals surface area contributed by atoms with Crippen molar-refractivity contribution >= 4 is 12.3 Å². The number of hydrogen-bond donors (Lipinski definition) is 0. The highest BCUT2D eigenvalue weighted by Gasteiger charge is 2.43.